The minimum atomic E-state index is -1.12. The van der Waals surface area contributed by atoms with E-state index in [2.05, 4.69) is 0 Å². The summed E-state index contributed by atoms with van der Waals surface area (Å²) in [7, 11) is 0. The maximum absolute atomic E-state index is 11.2. The van der Waals surface area contributed by atoms with Crippen LogP contribution in [0.25, 0.3) is 0 Å². The summed E-state index contributed by atoms with van der Waals surface area (Å²) in [5.41, 5.74) is -2.20. The number of carbonyl (C=O) groups excluding carboxylic acids is 2. The van der Waals surface area contributed by atoms with Crippen molar-refractivity contribution < 1.29 is 28.9 Å². The Labute approximate surface area is 106 Å². The van der Waals surface area contributed by atoms with Crippen molar-refractivity contribution in [2.24, 2.45) is 0 Å². The van der Waals surface area contributed by atoms with Gasteiger partial charge in [-0.25, -0.2) is 0 Å². The van der Waals surface area contributed by atoms with E-state index in [-0.39, 0.29) is 6.61 Å². The normalized spacial score (nSPS) is 39.4. The van der Waals surface area contributed by atoms with Gasteiger partial charge in [0.05, 0.1) is 12.7 Å². The van der Waals surface area contributed by atoms with Crippen molar-refractivity contribution in [1.82, 2.24) is 0 Å². The summed E-state index contributed by atoms with van der Waals surface area (Å²) in [5.74, 6) is -1.01. The van der Waals surface area contributed by atoms with E-state index in [0.717, 1.165) is 0 Å². The Kier molecular flexibility index (Phi) is 4.02. The van der Waals surface area contributed by atoms with Gasteiger partial charge in [-0.2, -0.15) is 0 Å². The lowest BCUT2D eigenvalue weighted by Gasteiger charge is -2.35. The molecule has 6 heteroatoms. The van der Waals surface area contributed by atoms with Crippen molar-refractivity contribution in [2.45, 2.75) is 58.0 Å². The van der Waals surface area contributed by atoms with Crippen molar-refractivity contribution in [3.63, 3.8) is 0 Å². The van der Waals surface area contributed by atoms with Crippen molar-refractivity contribution in [3.05, 3.63) is 0 Å². The van der Waals surface area contributed by atoms with Crippen LogP contribution in [0.3, 0.4) is 0 Å². The summed E-state index contributed by atoms with van der Waals surface area (Å²) in [4.78, 5) is 22.4. The van der Waals surface area contributed by atoms with Gasteiger partial charge in [-0.05, 0) is 20.8 Å². The Morgan fingerprint density at radius 3 is 2.22 bits per heavy atom. The van der Waals surface area contributed by atoms with Crippen LogP contribution in [0, 0.1) is 0 Å². The van der Waals surface area contributed by atoms with Gasteiger partial charge in [-0.1, -0.05) is 0 Å². The van der Waals surface area contributed by atoms with Gasteiger partial charge in [0, 0.05) is 13.8 Å². The summed E-state index contributed by atoms with van der Waals surface area (Å²) in [6.07, 6.45) is -1.35. The minimum absolute atomic E-state index is 0.341. The minimum Gasteiger partial charge on any atom is -0.455 e. The molecule has 0 aromatic carbocycles. The third kappa shape index (κ3) is 2.49. The number of aliphatic hydroxyl groups is 1. The van der Waals surface area contributed by atoms with Crippen molar-refractivity contribution >= 4 is 11.9 Å². The Morgan fingerprint density at radius 1 is 1.28 bits per heavy atom. The fourth-order valence-electron chi connectivity index (χ4n) is 2.38. The van der Waals surface area contributed by atoms with E-state index in [9.17, 15) is 14.7 Å². The van der Waals surface area contributed by atoms with Gasteiger partial charge in [0.2, 0.25) is 0 Å². The molecule has 0 radical (unpaired) electrons. The lowest BCUT2D eigenvalue weighted by molar-refractivity contribution is -0.183. The number of esters is 2. The molecular weight excluding hydrogens is 240 g/mol. The van der Waals surface area contributed by atoms with Crippen LogP contribution in [0.4, 0.5) is 0 Å². The fraction of sp³-hybridized carbons (Fsp3) is 0.833. The van der Waals surface area contributed by atoms with E-state index >= 15 is 0 Å². The van der Waals surface area contributed by atoms with E-state index in [1.165, 1.54) is 13.8 Å². The van der Waals surface area contributed by atoms with Gasteiger partial charge in [0.15, 0.2) is 11.7 Å². The predicted octanol–water partition coefficient (Wildman–Crippen LogP) is 0.410. The topological polar surface area (TPSA) is 82.1 Å². The molecule has 4 atom stereocenters. The lowest BCUT2D eigenvalue weighted by Crippen LogP contribution is -2.54. The van der Waals surface area contributed by atoms with Crippen LogP contribution in [0.5, 0.6) is 0 Å². The SMILES string of the molecule is CC(=O)O[C@H]1[C@](C)(OC(C)=O)[C@H](C)O[C@]1(C)CO. The number of ether oxygens (including phenoxy) is 3. The van der Waals surface area contributed by atoms with Crippen LogP contribution in [-0.4, -0.2) is 47.1 Å². The third-order valence-corrected chi connectivity index (χ3v) is 3.29. The number of aliphatic hydroxyl groups excluding tert-OH is 1. The Balaban J connectivity index is 3.12. The molecule has 0 spiro atoms. The Hall–Kier alpha value is -1.14. The van der Waals surface area contributed by atoms with E-state index in [4.69, 9.17) is 14.2 Å². The average molecular weight is 260 g/mol. The molecule has 0 saturated carbocycles. The monoisotopic (exact) mass is 260 g/mol. The highest BCUT2D eigenvalue weighted by Gasteiger charge is 2.62. The standard InChI is InChI=1S/C12H20O6/c1-7-12(5,18-9(3)15)10(16-8(2)14)11(4,6-13)17-7/h7,10,13H,6H2,1-5H3/t7-,10+,11+,12+/m0/s1. The van der Waals surface area contributed by atoms with E-state index in [1.54, 1.807) is 20.8 Å². The summed E-state index contributed by atoms with van der Waals surface area (Å²) < 4.78 is 16.1. The van der Waals surface area contributed by atoms with Gasteiger partial charge in [0.25, 0.3) is 0 Å². The molecule has 0 unspecified atom stereocenters. The highest BCUT2D eigenvalue weighted by molar-refractivity contribution is 5.68. The molecule has 1 rings (SSSR count). The van der Waals surface area contributed by atoms with Crippen LogP contribution >= 0.6 is 0 Å². The third-order valence-electron chi connectivity index (χ3n) is 3.29. The first kappa shape index (κ1) is 14.9. The molecule has 104 valence electrons. The largest absolute Gasteiger partial charge is 0.455 e. The van der Waals surface area contributed by atoms with Gasteiger partial charge in [-0.3, -0.25) is 9.59 Å². The van der Waals surface area contributed by atoms with Crippen LogP contribution in [0.2, 0.25) is 0 Å². The van der Waals surface area contributed by atoms with E-state index < -0.39 is 35.3 Å². The quantitative estimate of drug-likeness (QED) is 0.740. The van der Waals surface area contributed by atoms with E-state index in [0.29, 0.717) is 0 Å². The molecule has 1 fully saturated rings. The van der Waals surface area contributed by atoms with E-state index in [1.807, 2.05) is 0 Å². The van der Waals surface area contributed by atoms with Gasteiger partial charge in [0.1, 0.15) is 5.60 Å². The zero-order chi connectivity index (χ0) is 14.1. The zero-order valence-corrected chi connectivity index (χ0v) is 11.4. The molecule has 0 aromatic rings. The summed E-state index contributed by atoms with van der Waals surface area (Å²) >= 11 is 0. The number of hydrogen-bond donors (Lipinski definition) is 1. The molecular formula is C12H20O6. The molecule has 0 aliphatic carbocycles. The van der Waals surface area contributed by atoms with Crippen LogP contribution in [0.1, 0.15) is 34.6 Å². The van der Waals surface area contributed by atoms with Crippen LogP contribution < -0.4 is 0 Å². The van der Waals surface area contributed by atoms with Crippen LogP contribution in [-0.2, 0) is 23.8 Å². The second-order valence-electron chi connectivity index (χ2n) is 5.00. The molecule has 1 aliphatic heterocycles. The molecule has 0 bridgehead atoms. The van der Waals surface area contributed by atoms with Gasteiger partial charge in [-0.15, -0.1) is 0 Å². The maximum atomic E-state index is 11.2. The first-order valence-electron chi connectivity index (χ1n) is 5.81. The lowest BCUT2D eigenvalue weighted by atomic mass is 9.87. The molecule has 1 N–H and O–H groups in total. The highest BCUT2D eigenvalue weighted by atomic mass is 16.7. The number of carbonyl (C=O) groups is 2. The molecule has 0 aromatic heterocycles. The van der Waals surface area contributed by atoms with Crippen molar-refractivity contribution in [1.29, 1.82) is 0 Å². The fourth-order valence-corrected chi connectivity index (χ4v) is 2.38. The predicted molar refractivity (Wildman–Crippen MR) is 61.8 cm³/mol. The Morgan fingerprint density at radius 2 is 1.83 bits per heavy atom. The summed E-state index contributed by atoms with van der Waals surface area (Å²) in [6, 6.07) is 0. The first-order valence-corrected chi connectivity index (χ1v) is 5.81. The molecule has 0 amide bonds. The van der Waals surface area contributed by atoms with Gasteiger partial charge >= 0.3 is 11.9 Å². The molecule has 1 heterocycles. The molecule has 1 aliphatic rings. The number of hydrogen-bond acceptors (Lipinski definition) is 6. The van der Waals surface area contributed by atoms with Crippen molar-refractivity contribution in [2.75, 3.05) is 6.61 Å². The van der Waals surface area contributed by atoms with Gasteiger partial charge < -0.3 is 19.3 Å². The average Bonchev–Trinajstić information content (AvgIpc) is 2.39. The summed E-state index contributed by atoms with van der Waals surface area (Å²) in [5, 5.41) is 9.44. The molecule has 18 heavy (non-hydrogen) atoms. The maximum Gasteiger partial charge on any atom is 0.303 e. The van der Waals surface area contributed by atoms with Crippen molar-refractivity contribution in [3.8, 4) is 0 Å². The first-order chi connectivity index (χ1) is 8.15. The zero-order valence-electron chi connectivity index (χ0n) is 11.4. The highest BCUT2D eigenvalue weighted by Crippen LogP contribution is 2.42. The second kappa shape index (κ2) is 4.85. The molecule has 6 nitrogen and oxygen atoms in total. The summed E-state index contributed by atoms with van der Waals surface area (Å²) in [6.45, 7) is 7.15. The Bertz CT molecular complexity index is 354. The second-order valence-corrected chi connectivity index (χ2v) is 5.00. The molecule has 1 saturated heterocycles. The number of rotatable bonds is 3. The smallest absolute Gasteiger partial charge is 0.303 e. The van der Waals surface area contributed by atoms with Crippen LogP contribution in [0.15, 0.2) is 0 Å².